The van der Waals surface area contributed by atoms with Crippen molar-refractivity contribution in [3.05, 3.63) is 23.8 Å². The minimum Gasteiger partial charge on any atom is -0.444 e. The minimum atomic E-state index is -0.558. The van der Waals surface area contributed by atoms with Gasteiger partial charge in [0.1, 0.15) is 5.60 Å². The number of nitrogens with one attached hydrogen (secondary N) is 2. The van der Waals surface area contributed by atoms with Crippen molar-refractivity contribution < 1.29 is 18.8 Å². The number of rotatable bonds is 4. The van der Waals surface area contributed by atoms with Crippen LogP contribution in [-0.2, 0) is 20.6 Å². The van der Waals surface area contributed by atoms with E-state index in [1.165, 1.54) is 0 Å². The Labute approximate surface area is 181 Å². The number of hydrogen-bond donors (Lipinski definition) is 2. The number of piperazine rings is 1. The summed E-state index contributed by atoms with van der Waals surface area (Å²) in [5, 5.41) is 6.26. The van der Waals surface area contributed by atoms with Gasteiger partial charge >= 0.3 is 13.2 Å². The summed E-state index contributed by atoms with van der Waals surface area (Å²) in [4.78, 5) is 14.8. The monoisotopic (exact) mass is 417 g/mol. The maximum atomic E-state index is 12.4. The van der Waals surface area contributed by atoms with E-state index in [0.717, 1.165) is 43.8 Å². The molecule has 0 bridgehead atoms. The molecule has 0 atom stereocenters. The van der Waals surface area contributed by atoms with E-state index in [-0.39, 0.29) is 0 Å². The van der Waals surface area contributed by atoms with Gasteiger partial charge in [-0.1, -0.05) is 6.07 Å². The van der Waals surface area contributed by atoms with Gasteiger partial charge in [0.05, 0.1) is 11.2 Å². The molecule has 1 aromatic carbocycles. The fraction of sp³-hybridized carbons (Fsp3) is 0.682. The third kappa shape index (κ3) is 5.75. The topological polar surface area (TPSA) is 72.1 Å². The highest BCUT2D eigenvalue weighted by Gasteiger charge is 2.51. The summed E-state index contributed by atoms with van der Waals surface area (Å²) in [6.45, 7) is 18.5. The average Bonchev–Trinajstić information content (AvgIpc) is 2.81. The quantitative estimate of drug-likeness (QED) is 0.735. The smallest absolute Gasteiger partial charge is 0.444 e. The van der Waals surface area contributed by atoms with Gasteiger partial charge < -0.3 is 19.4 Å². The molecule has 1 aromatic rings. The molecule has 0 radical (unpaired) electrons. The van der Waals surface area contributed by atoms with Gasteiger partial charge in [0.15, 0.2) is 0 Å². The van der Waals surface area contributed by atoms with Gasteiger partial charge in [0.25, 0.3) is 0 Å². The molecule has 3 rings (SSSR count). The zero-order valence-corrected chi connectivity index (χ0v) is 19.4. The molecule has 0 saturated carbocycles. The molecule has 2 aliphatic rings. The van der Waals surface area contributed by atoms with Crippen LogP contribution in [-0.4, -0.2) is 61.1 Å². The van der Waals surface area contributed by atoms with E-state index in [0.29, 0.717) is 5.69 Å². The van der Waals surface area contributed by atoms with Crippen LogP contribution in [0.15, 0.2) is 18.2 Å². The second-order valence-corrected chi connectivity index (χ2v) is 10.2. The summed E-state index contributed by atoms with van der Waals surface area (Å²) in [5.41, 5.74) is 1.27. The number of nitrogens with zero attached hydrogens (tertiary/aromatic N) is 1. The number of hydrogen-bond acceptors (Lipinski definition) is 6. The van der Waals surface area contributed by atoms with E-state index >= 15 is 0 Å². The first-order valence-electron chi connectivity index (χ1n) is 10.8. The summed E-state index contributed by atoms with van der Waals surface area (Å²) >= 11 is 0. The second-order valence-electron chi connectivity index (χ2n) is 10.2. The number of amides is 1. The predicted molar refractivity (Wildman–Crippen MR) is 120 cm³/mol. The molecule has 0 aromatic heterocycles. The molecule has 0 aliphatic carbocycles. The summed E-state index contributed by atoms with van der Waals surface area (Å²) in [7, 11) is -0.489. The Morgan fingerprint density at radius 1 is 1.13 bits per heavy atom. The van der Waals surface area contributed by atoms with E-state index in [2.05, 4.69) is 21.6 Å². The van der Waals surface area contributed by atoms with Crippen LogP contribution in [0.2, 0.25) is 0 Å². The van der Waals surface area contributed by atoms with Gasteiger partial charge in [0, 0.05) is 38.4 Å². The van der Waals surface area contributed by atoms with Gasteiger partial charge in [-0.15, -0.1) is 0 Å². The van der Waals surface area contributed by atoms with Crippen molar-refractivity contribution in [2.45, 2.75) is 71.8 Å². The van der Waals surface area contributed by atoms with Gasteiger partial charge in [-0.05, 0) is 71.6 Å². The predicted octanol–water partition coefficient (Wildman–Crippen LogP) is 2.74. The number of benzene rings is 1. The lowest BCUT2D eigenvalue weighted by molar-refractivity contribution is 0.00578. The van der Waals surface area contributed by atoms with Crippen LogP contribution < -0.4 is 16.1 Å². The molecule has 7 nitrogen and oxygen atoms in total. The third-order valence-electron chi connectivity index (χ3n) is 5.80. The number of carbonyl (C=O) groups is 1. The van der Waals surface area contributed by atoms with Crippen LogP contribution in [0.4, 0.5) is 10.5 Å². The molecule has 8 heteroatoms. The van der Waals surface area contributed by atoms with Crippen LogP contribution in [0.3, 0.4) is 0 Å². The highest BCUT2D eigenvalue weighted by atomic mass is 16.7. The molecule has 166 valence electrons. The van der Waals surface area contributed by atoms with E-state index in [1.807, 2.05) is 60.6 Å². The lowest BCUT2D eigenvalue weighted by Crippen LogP contribution is -2.43. The van der Waals surface area contributed by atoms with E-state index in [1.54, 1.807) is 0 Å². The fourth-order valence-electron chi connectivity index (χ4n) is 3.55. The van der Waals surface area contributed by atoms with Crippen molar-refractivity contribution in [2.24, 2.45) is 0 Å². The summed E-state index contributed by atoms with van der Waals surface area (Å²) in [6.07, 6.45) is -0.471. The van der Waals surface area contributed by atoms with Crippen molar-refractivity contribution in [3.63, 3.8) is 0 Å². The van der Waals surface area contributed by atoms with E-state index < -0.39 is 30.0 Å². The molecule has 2 fully saturated rings. The van der Waals surface area contributed by atoms with Crippen LogP contribution >= 0.6 is 0 Å². The molecule has 2 aliphatic heterocycles. The molecular formula is C22H36BN3O4. The molecule has 0 spiro atoms. The zero-order chi connectivity index (χ0) is 22.2. The zero-order valence-electron chi connectivity index (χ0n) is 19.4. The molecule has 2 N–H and O–H groups in total. The molecule has 0 unspecified atom stereocenters. The lowest BCUT2D eigenvalue weighted by Gasteiger charge is -2.32. The number of ether oxygens (including phenoxy) is 1. The minimum absolute atomic E-state index is 0.426. The highest BCUT2D eigenvalue weighted by molar-refractivity contribution is 6.62. The van der Waals surface area contributed by atoms with Gasteiger partial charge in [-0.2, -0.15) is 0 Å². The van der Waals surface area contributed by atoms with Gasteiger partial charge in [-0.25, -0.2) is 4.79 Å². The third-order valence-corrected chi connectivity index (χ3v) is 5.80. The Bertz CT molecular complexity index is 754. The van der Waals surface area contributed by atoms with Crippen molar-refractivity contribution >= 4 is 24.4 Å². The van der Waals surface area contributed by atoms with Crippen LogP contribution in [0, 0.1) is 0 Å². The Balaban J connectivity index is 1.85. The van der Waals surface area contributed by atoms with E-state index in [4.69, 9.17) is 14.0 Å². The largest absolute Gasteiger partial charge is 0.494 e. The fourth-order valence-corrected chi connectivity index (χ4v) is 3.55. The summed E-state index contributed by atoms with van der Waals surface area (Å²) < 4.78 is 17.9. The molecule has 30 heavy (non-hydrogen) atoms. The Hall–Kier alpha value is -1.61. The Morgan fingerprint density at radius 2 is 1.73 bits per heavy atom. The van der Waals surface area contributed by atoms with Gasteiger partial charge in [0.2, 0.25) is 0 Å². The Morgan fingerprint density at radius 3 is 2.30 bits per heavy atom. The second kappa shape index (κ2) is 8.50. The maximum absolute atomic E-state index is 12.4. The van der Waals surface area contributed by atoms with Crippen molar-refractivity contribution in [1.82, 2.24) is 10.2 Å². The number of carbonyl (C=O) groups excluding carboxylic acids is 1. The van der Waals surface area contributed by atoms with Crippen molar-refractivity contribution in [1.29, 1.82) is 0 Å². The molecular weight excluding hydrogens is 381 g/mol. The lowest BCUT2D eigenvalue weighted by atomic mass is 9.78. The SMILES string of the molecule is CC(C)(C)OC(=O)Nc1cc(CN2CCNCC2)cc(B2OC(C)(C)C(C)(C)O2)c1. The summed E-state index contributed by atoms with van der Waals surface area (Å²) in [5.74, 6) is 0. The van der Waals surface area contributed by atoms with Gasteiger partial charge in [-0.3, -0.25) is 10.2 Å². The Kier molecular flexibility index (Phi) is 6.53. The first-order valence-corrected chi connectivity index (χ1v) is 10.8. The maximum Gasteiger partial charge on any atom is 0.494 e. The molecule has 2 saturated heterocycles. The average molecular weight is 417 g/mol. The van der Waals surface area contributed by atoms with Crippen molar-refractivity contribution in [3.8, 4) is 0 Å². The molecule has 1 amide bonds. The van der Waals surface area contributed by atoms with E-state index in [9.17, 15) is 4.79 Å². The first kappa shape index (κ1) is 23.1. The first-order chi connectivity index (χ1) is 13.8. The number of anilines is 1. The normalized spacial score (nSPS) is 21.5. The van der Waals surface area contributed by atoms with Crippen molar-refractivity contribution in [2.75, 3.05) is 31.5 Å². The molecule has 2 heterocycles. The highest BCUT2D eigenvalue weighted by Crippen LogP contribution is 2.36. The van der Waals surface area contributed by atoms with Crippen LogP contribution in [0.5, 0.6) is 0 Å². The summed E-state index contributed by atoms with van der Waals surface area (Å²) in [6, 6.07) is 6.03. The van der Waals surface area contributed by atoms with Crippen LogP contribution in [0.1, 0.15) is 54.0 Å². The van der Waals surface area contributed by atoms with Crippen LogP contribution in [0.25, 0.3) is 0 Å². The standard InChI is InChI=1S/C22H36BN3O4/c1-20(2,3)28-19(27)25-18-13-16(15-26-10-8-24-9-11-26)12-17(14-18)23-29-21(4,5)22(6,7)30-23/h12-14,24H,8-11,15H2,1-7H3,(H,25,27).